The van der Waals surface area contributed by atoms with Crippen molar-refractivity contribution in [3.05, 3.63) is 48.2 Å². The number of nitrogens with one attached hydrogen (secondary N) is 2. The van der Waals surface area contributed by atoms with E-state index < -0.39 is 0 Å². The molecule has 0 unspecified atom stereocenters. The van der Waals surface area contributed by atoms with Crippen LogP contribution in [0.2, 0.25) is 0 Å². The Bertz CT molecular complexity index is 760. The van der Waals surface area contributed by atoms with Crippen LogP contribution in [0.1, 0.15) is 32.8 Å². The summed E-state index contributed by atoms with van der Waals surface area (Å²) in [7, 11) is 1.59. The molecule has 1 amide bonds. The standard InChI is InChI=1S/C22H31N3O4/c1-22(2,3)25-20(26)16-29-18-10-9-17(14-19(18)27-4)15-23-11-7-13-28-21-8-5-6-12-24-21/h5-6,8-10,12,14,23H,7,11,13,15-16H2,1-4H3,(H,25,26). The fraction of sp³-hybridized carbons (Fsp3) is 0.455. The van der Waals surface area contributed by atoms with Gasteiger partial charge >= 0.3 is 0 Å². The number of amides is 1. The summed E-state index contributed by atoms with van der Waals surface area (Å²) < 4.78 is 16.6. The van der Waals surface area contributed by atoms with Gasteiger partial charge in [-0.1, -0.05) is 12.1 Å². The molecule has 2 aromatic rings. The van der Waals surface area contributed by atoms with Crippen molar-refractivity contribution >= 4 is 5.91 Å². The highest BCUT2D eigenvalue weighted by atomic mass is 16.5. The average Bonchev–Trinajstić information content (AvgIpc) is 2.68. The molecule has 0 radical (unpaired) electrons. The van der Waals surface area contributed by atoms with Crippen molar-refractivity contribution in [2.75, 3.05) is 26.9 Å². The van der Waals surface area contributed by atoms with Gasteiger partial charge in [-0.25, -0.2) is 4.98 Å². The third-order valence-corrected chi connectivity index (χ3v) is 3.82. The van der Waals surface area contributed by atoms with Crippen LogP contribution in [-0.4, -0.2) is 43.3 Å². The molecule has 0 saturated carbocycles. The monoisotopic (exact) mass is 401 g/mol. The molecule has 7 heteroatoms. The first-order valence-corrected chi connectivity index (χ1v) is 9.72. The molecule has 0 aliphatic rings. The highest BCUT2D eigenvalue weighted by Gasteiger charge is 2.15. The molecule has 1 aromatic carbocycles. The van der Waals surface area contributed by atoms with Crippen LogP contribution in [0.15, 0.2) is 42.6 Å². The maximum absolute atomic E-state index is 11.9. The van der Waals surface area contributed by atoms with Gasteiger partial charge in [-0.05, 0) is 57.5 Å². The number of nitrogens with zero attached hydrogens (tertiary/aromatic N) is 1. The van der Waals surface area contributed by atoms with Crippen molar-refractivity contribution < 1.29 is 19.0 Å². The van der Waals surface area contributed by atoms with Crippen LogP contribution in [-0.2, 0) is 11.3 Å². The van der Waals surface area contributed by atoms with Crippen LogP contribution < -0.4 is 24.8 Å². The molecule has 1 heterocycles. The average molecular weight is 402 g/mol. The summed E-state index contributed by atoms with van der Waals surface area (Å²) in [5.74, 6) is 1.62. The number of aromatic nitrogens is 1. The molecule has 0 bridgehead atoms. The minimum absolute atomic E-state index is 0.0541. The summed E-state index contributed by atoms with van der Waals surface area (Å²) >= 11 is 0. The first-order valence-electron chi connectivity index (χ1n) is 9.72. The zero-order chi connectivity index (χ0) is 21.1. The van der Waals surface area contributed by atoms with Crippen molar-refractivity contribution in [3.8, 4) is 17.4 Å². The molecular weight excluding hydrogens is 370 g/mol. The van der Waals surface area contributed by atoms with Crippen molar-refractivity contribution in [2.45, 2.75) is 39.3 Å². The van der Waals surface area contributed by atoms with Crippen LogP contribution in [0.3, 0.4) is 0 Å². The van der Waals surface area contributed by atoms with E-state index >= 15 is 0 Å². The van der Waals surface area contributed by atoms with E-state index in [1.165, 1.54) is 0 Å². The topological polar surface area (TPSA) is 81.7 Å². The Morgan fingerprint density at radius 1 is 1.10 bits per heavy atom. The highest BCUT2D eigenvalue weighted by molar-refractivity contribution is 5.78. The van der Waals surface area contributed by atoms with Crippen molar-refractivity contribution in [1.82, 2.24) is 15.6 Å². The van der Waals surface area contributed by atoms with Gasteiger partial charge < -0.3 is 24.8 Å². The zero-order valence-electron chi connectivity index (χ0n) is 17.7. The molecule has 158 valence electrons. The Morgan fingerprint density at radius 2 is 1.93 bits per heavy atom. The maximum Gasteiger partial charge on any atom is 0.258 e. The van der Waals surface area contributed by atoms with E-state index in [0.29, 0.717) is 30.5 Å². The van der Waals surface area contributed by atoms with Crippen LogP contribution in [0.25, 0.3) is 0 Å². The van der Waals surface area contributed by atoms with Gasteiger partial charge in [0.15, 0.2) is 18.1 Å². The Hall–Kier alpha value is -2.80. The number of benzene rings is 1. The lowest BCUT2D eigenvalue weighted by Gasteiger charge is -2.20. The van der Waals surface area contributed by atoms with E-state index in [1.54, 1.807) is 13.3 Å². The second-order valence-electron chi connectivity index (χ2n) is 7.62. The maximum atomic E-state index is 11.9. The normalized spacial score (nSPS) is 11.0. The molecule has 29 heavy (non-hydrogen) atoms. The number of hydrogen-bond acceptors (Lipinski definition) is 6. The Morgan fingerprint density at radius 3 is 2.62 bits per heavy atom. The number of carbonyl (C=O) groups is 1. The fourth-order valence-corrected chi connectivity index (χ4v) is 2.58. The minimum Gasteiger partial charge on any atom is -0.493 e. The van der Waals surface area contributed by atoms with Crippen LogP contribution >= 0.6 is 0 Å². The highest BCUT2D eigenvalue weighted by Crippen LogP contribution is 2.28. The fourth-order valence-electron chi connectivity index (χ4n) is 2.58. The number of methoxy groups -OCH3 is 1. The van der Waals surface area contributed by atoms with Gasteiger partial charge in [0.2, 0.25) is 5.88 Å². The molecule has 1 aromatic heterocycles. The zero-order valence-corrected chi connectivity index (χ0v) is 17.7. The van der Waals surface area contributed by atoms with Gasteiger partial charge in [-0.15, -0.1) is 0 Å². The summed E-state index contributed by atoms with van der Waals surface area (Å²) in [6.07, 6.45) is 2.59. The Labute approximate surface area is 172 Å². The second kappa shape index (κ2) is 11.3. The van der Waals surface area contributed by atoms with Gasteiger partial charge in [0.05, 0.1) is 13.7 Å². The lowest BCUT2D eigenvalue weighted by Crippen LogP contribution is -2.43. The van der Waals surface area contributed by atoms with Crippen molar-refractivity contribution in [1.29, 1.82) is 0 Å². The van der Waals surface area contributed by atoms with Gasteiger partial charge in [0.1, 0.15) is 0 Å². The molecule has 0 saturated heterocycles. The van der Waals surface area contributed by atoms with E-state index in [1.807, 2.05) is 57.2 Å². The third-order valence-electron chi connectivity index (χ3n) is 3.82. The lowest BCUT2D eigenvalue weighted by molar-refractivity contribution is -0.124. The predicted octanol–water partition coefficient (Wildman–Crippen LogP) is 2.94. The summed E-state index contributed by atoms with van der Waals surface area (Å²) in [5, 5.41) is 6.24. The molecule has 0 atom stereocenters. The van der Waals surface area contributed by atoms with E-state index in [-0.39, 0.29) is 18.1 Å². The van der Waals surface area contributed by atoms with E-state index in [2.05, 4.69) is 15.6 Å². The van der Waals surface area contributed by atoms with Crippen LogP contribution in [0.5, 0.6) is 17.4 Å². The van der Waals surface area contributed by atoms with Crippen LogP contribution in [0.4, 0.5) is 0 Å². The van der Waals surface area contributed by atoms with Crippen molar-refractivity contribution in [3.63, 3.8) is 0 Å². The van der Waals surface area contributed by atoms with Crippen LogP contribution in [0, 0.1) is 0 Å². The number of rotatable bonds is 11. The first-order chi connectivity index (χ1) is 13.9. The summed E-state index contributed by atoms with van der Waals surface area (Å²) in [6.45, 7) is 7.86. The molecule has 7 nitrogen and oxygen atoms in total. The molecule has 0 aliphatic heterocycles. The quantitative estimate of drug-likeness (QED) is 0.564. The number of pyridine rings is 1. The molecular formula is C22H31N3O4. The molecule has 0 aliphatic carbocycles. The minimum atomic E-state index is -0.289. The Kier molecular flexibility index (Phi) is 8.73. The molecule has 2 N–H and O–H groups in total. The molecule has 0 spiro atoms. The largest absolute Gasteiger partial charge is 0.493 e. The number of hydrogen-bond donors (Lipinski definition) is 2. The van der Waals surface area contributed by atoms with E-state index in [0.717, 1.165) is 18.5 Å². The van der Waals surface area contributed by atoms with Gasteiger partial charge in [0, 0.05) is 24.3 Å². The third kappa shape index (κ3) is 8.83. The Balaban J connectivity index is 1.72. The van der Waals surface area contributed by atoms with E-state index in [9.17, 15) is 4.79 Å². The lowest BCUT2D eigenvalue weighted by atomic mass is 10.1. The molecule has 2 rings (SSSR count). The predicted molar refractivity (Wildman–Crippen MR) is 112 cm³/mol. The summed E-state index contributed by atoms with van der Waals surface area (Å²) in [5.41, 5.74) is 0.780. The van der Waals surface area contributed by atoms with Gasteiger partial charge in [-0.2, -0.15) is 0 Å². The van der Waals surface area contributed by atoms with E-state index in [4.69, 9.17) is 14.2 Å². The number of carbonyl (C=O) groups excluding carboxylic acids is 1. The smallest absolute Gasteiger partial charge is 0.258 e. The van der Waals surface area contributed by atoms with Gasteiger partial charge in [0.25, 0.3) is 5.91 Å². The molecule has 0 fully saturated rings. The number of ether oxygens (including phenoxy) is 3. The second-order valence-corrected chi connectivity index (χ2v) is 7.62. The SMILES string of the molecule is COc1cc(CNCCCOc2ccccn2)ccc1OCC(=O)NC(C)(C)C. The summed E-state index contributed by atoms with van der Waals surface area (Å²) in [4.78, 5) is 16.0. The van der Waals surface area contributed by atoms with Gasteiger partial charge in [-0.3, -0.25) is 4.79 Å². The van der Waals surface area contributed by atoms with Crippen molar-refractivity contribution in [2.24, 2.45) is 0 Å². The summed E-state index contributed by atoms with van der Waals surface area (Å²) in [6, 6.07) is 11.3. The first kappa shape index (κ1) is 22.5.